The van der Waals surface area contributed by atoms with Crippen LogP contribution < -0.4 is 5.32 Å². The number of aliphatic hydroxyl groups is 1. The van der Waals surface area contributed by atoms with Gasteiger partial charge in [0.05, 0.1) is 29.5 Å². The second-order valence-corrected chi connectivity index (χ2v) is 8.39. The number of hydrogen-bond donors (Lipinski definition) is 2. The highest BCUT2D eigenvalue weighted by molar-refractivity contribution is 5.95. The number of fused-ring (bicyclic) bond motifs is 1. The Hall–Kier alpha value is -3.52. The van der Waals surface area contributed by atoms with Crippen molar-refractivity contribution < 1.29 is 9.90 Å². The van der Waals surface area contributed by atoms with E-state index in [-0.39, 0.29) is 11.9 Å². The molecule has 1 amide bonds. The first-order chi connectivity index (χ1) is 15.6. The predicted molar refractivity (Wildman–Crippen MR) is 121 cm³/mol. The van der Waals surface area contributed by atoms with E-state index in [1.165, 1.54) is 0 Å². The highest BCUT2D eigenvalue weighted by Crippen LogP contribution is 2.23. The summed E-state index contributed by atoms with van der Waals surface area (Å²) in [6.07, 6.45) is 9.01. The molecule has 1 fully saturated rings. The van der Waals surface area contributed by atoms with Crippen LogP contribution in [0.15, 0.2) is 55.0 Å². The lowest BCUT2D eigenvalue weighted by molar-refractivity contribution is 0.0714. The van der Waals surface area contributed by atoms with E-state index in [0.717, 1.165) is 48.0 Å². The molecule has 3 heterocycles. The number of carbonyl (C=O) groups is 1. The zero-order valence-corrected chi connectivity index (χ0v) is 18.0. The molecule has 2 N–H and O–H groups in total. The Morgan fingerprint density at radius 3 is 2.75 bits per heavy atom. The van der Waals surface area contributed by atoms with Crippen LogP contribution in [-0.2, 0) is 13.5 Å². The van der Waals surface area contributed by atoms with Crippen LogP contribution in [-0.4, -0.2) is 47.7 Å². The summed E-state index contributed by atoms with van der Waals surface area (Å²) >= 11 is 0. The summed E-state index contributed by atoms with van der Waals surface area (Å²) in [5, 5.41) is 21.8. The van der Waals surface area contributed by atoms with Crippen molar-refractivity contribution in [3.05, 3.63) is 71.8 Å². The fourth-order valence-electron chi connectivity index (χ4n) is 4.46. The number of aryl methyl sites for hydroxylation is 1. The Labute approximate surface area is 185 Å². The van der Waals surface area contributed by atoms with E-state index in [2.05, 4.69) is 32.6 Å². The molecule has 0 unspecified atom stereocenters. The number of hydrogen-bond acceptors (Lipinski definition) is 5. The molecule has 3 aromatic heterocycles. The molecular formula is C24H26N6O2. The van der Waals surface area contributed by atoms with E-state index in [1.807, 2.05) is 42.2 Å². The van der Waals surface area contributed by atoms with Crippen molar-refractivity contribution in [3.8, 4) is 5.69 Å². The van der Waals surface area contributed by atoms with Gasteiger partial charge in [0.15, 0.2) is 0 Å². The molecule has 8 nitrogen and oxygen atoms in total. The Morgan fingerprint density at radius 2 is 2.00 bits per heavy atom. The Bertz CT molecular complexity index is 1230. The Morgan fingerprint density at radius 1 is 1.19 bits per heavy atom. The SMILES string of the molecule is Cn1ncc2nc(C(=O)N[C@H]3CCCC[C@@H]3O)cc(Cc3ccc(-n4cccn4)cc3)c21. The van der Waals surface area contributed by atoms with Crippen LogP contribution in [0.4, 0.5) is 0 Å². The first-order valence-corrected chi connectivity index (χ1v) is 11.0. The summed E-state index contributed by atoms with van der Waals surface area (Å²) in [6, 6.07) is 11.7. The van der Waals surface area contributed by atoms with Crippen LogP contribution in [0, 0.1) is 0 Å². The average Bonchev–Trinajstić information content (AvgIpc) is 3.46. The molecule has 1 aliphatic carbocycles. The van der Waals surface area contributed by atoms with Gasteiger partial charge in [-0.3, -0.25) is 9.48 Å². The second-order valence-electron chi connectivity index (χ2n) is 8.39. The van der Waals surface area contributed by atoms with Crippen molar-refractivity contribution in [2.24, 2.45) is 7.05 Å². The van der Waals surface area contributed by atoms with Crippen LogP contribution in [0.1, 0.15) is 47.3 Å². The van der Waals surface area contributed by atoms with Crippen LogP contribution in [0.25, 0.3) is 16.7 Å². The highest BCUT2D eigenvalue weighted by Gasteiger charge is 2.26. The van der Waals surface area contributed by atoms with Gasteiger partial charge in [0, 0.05) is 19.4 Å². The first-order valence-electron chi connectivity index (χ1n) is 11.0. The van der Waals surface area contributed by atoms with Crippen molar-refractivity contribution in [2.45, 2.75) is 44.2 Å². The van der Waals surface area contributed by atoms with Gasteiger partial charge < -0.3 is 10.4 Å². The fourth-order valence-corrected chi connectivity index (χ4v) is 4.46. The van der Waals surface area contributed by atoms with Crippen molar-refractivity contribution >= 4 is 16.9 Å². The molecule has 2 atom stereocenters. The summed E-state index contributed by atoms with van der Waals surface area (Å²) in [7, 11) is 1.88. The Balaban J connectivity index is 1.43. The smallest absolute Gasteiger partial charge is 0.270 e. The summed E-state index contributed by atoms with van der Waals surface area (Å²) in [5.41, 5.74) is 5.04. The lowest BCUT2D eigenvalue weighted by atomic mass is 9.92. The zero-order chi connectivity index (χ0) is 22.1. The van der Waals surface area contributed by atoms with Gasteiger partial charge in [-0.1, -0.05) is 25.0 Å². The number of pyridine rings is 1. The molecule has 5 rings (SSSR count). The monoisotopic (exact) mass is 430 g/mol. The lowest BCUT2D eigenvalue weighted by Crippen LogP contribution is -2.45. The molecular weight excluding hydrogens is 404 g/mol. The predicted octanol–water partition coefficient (Wildman–Crippen LogP) is 2.78. The number of carbonyl (C=O) groups excluding carboxylic acids is 1. The van der Waals surface area contributed by atoms with Crippen molar-refractivity contribution in [1.29, 1.82) is 0 Å². The highest BCUT2D eigenvalue weighted by atomic mass is 16.3. The van der Waals surface area contributed by atoms with Crippen LogP contribution in [0.5, 0.6) is 0 Å². The largest absolute Gasteiger partial charge is 0.391 e. The maximum atomic E-state index is 13.0. The van der Waals surface area contributed by atoms with Gasteiger partial charge in [0.2, 0.25) is 0 Å². The van der Waals surface area contributed by atoms with Crippen molar-refractivity contribution in [3.63, 3.8) is 0 Å². The summed E-state index contributed by atoms with van der Waals surface area (Å²) in [4.78, 5) is 17.5. The molecule has 4 aromatic rings. The molecule has 0 saturated heterocycles. The van der Waals surface area contributed by atoms with Crippen LogP contribution >= 0.6 is 0 Å². The van der Waals surface area contributed by atoms with Gasteiger partial charge in [-0.15, -0.1) is 0 Å². The summed E-state index contributed by atoms with van der Waals surface area (Å²) in [6.45, 7) is 0. The molecule has 1 aliphatic rings. The molecule has 0 radical (unpaired) electrons. The maximum Gasteiger partial charge on any atom is 0.270 e. The first kappa shape index (κ1) is 20.4. The number of aromatic nitrogens is 5. The number of nitrogens with zero attached hydrogens (tertiary/aromatic N) is 5. The second kappa shape index (κ2) is 8.55. The van der Waals surface area contributed by atoms with E-state index in [9.17, 15) is 9.90 Å². The minimum Gasteiger partial charge on any atom is -0.391 e. The molecule has 164 valence electrons. The molecule has 0 aliphatic heterocycles. The van der Waals surface area contributed by atoms with Gasteiger partial charge >= 0.3 is 0 Å². The van der Waals surface area contributed by atoms with E-state index in [4.69, 9.17) is 0 Å². The maximum absolute atomic E-state index is 13.0. The van der Waals surface area contributed by atoms with E-state index >= 15 is 0 Å². The average molecular weight is 431 g/mol. The molecule has 8 heteroatoms. The molecule has 0 bridgehead atoms. The number of nitrogens with one attached hydrogen (secondary N) is 1. The van der Waals surface area contributed by atoms with Gasteiger partial charge in [-0.25, -0.2) is 9.67 Å². The van der Waals surface area contributed by atoms with Crippen molar-refractivity contribution in [2.75, 3.05) is 0 Å². The van der Waals surface area contributed by atoms with Gasteiger partial charge in [-0.05, 0) is 54.7 Å². The number of amides is 1. The third kappa shape index (κ3) is 4.01. The molecule has 1 aromatic carbocycles. The number of rotatable bonds is 5. The fraction of sp³-hybridized carbons (Fsp3) is 0.333. The zero-order valence-electron chi connectivity index (χ0n) is 18.0. The lowest BCUT2D eigenvalue weighted by Gasteiger charge is -2.28. The van der Waals surface area contributed by atoms with Gasteiger partial charge in [0.25, 0.3) is 5.91 Å². The van der Waals surface area contributed by atoms with Crippen LogP contribution in [0.3, 0.4) is 0 Å². The van der Waals surface area contributed by atoms with E-state index in [1.54, 1.807) is 17.1 Å². The summed E-state index contributed by atoms with van der Waals surface area (Å²) < 4.78 is 3.61. The number of benzene rings is 1. The minimum atomic E-state index is -0.498. The van der Waals surface area contributed by atoms with E-state index in [0.29, 0.717) is 17.6 Å². The third-order valence-electron chi connectivity index (χ3n) is 6.15. The van der Waals surface area contributed by atoms with Crippen LogP contribution in [0.2, 0.25) is 0 Å². The quantitative estimate of drug-likeness (QED) is 0.507. The standard InChI is InChI=1S/C24H26N6O2/c1-29-23-17(13-16-7-9-18(10-8-16)30-12-4-11-25-30)14-20(27-21(23)15-26-29)24(32)28-19-5-2-3-6-22(19)31/h4,7-12,14-15,19,22,31H,2-3,5-6,13H2,1H3,(H,28,32)/t19-,22-/m0/s1. The Kier molecular flexibility index (Phi) is 5.45. The number of aliphatic hydroxyl groups excluding tert-OH is 1. The van der Waals surface area contributed by atoms with Gasteiger partial charge in [-0.2, -0.15) is 10.2 Å². The molecule has 1 saturated carbocycles. The molecule has 32 heavy (non-hydrogen) atoms. The van der Waals surface area contributed by atoms with Gasteiger partial charge in [0.1, 0.15) is 11.2 Å². The molecule has 0 spiro atoms. The minimum absolute atomic E-state index is 0.221. The van der Waals surface area contributed by atoms with E-state index < -0.39 is 6.10 Å². The topological polar surface area (TPSA) is 97.9 Å². The summed E-state index contributed by atoms with van der Waals surface area (Å²) in [5.74, 6) is -0.253. The normalized spacial score (nSPS) is 18.7. The third-order valence-corrected chi connectivity index (χ3v) is 6.15. The van der Waals surface area contributed by atoms with Crippen molar-refractivity contribution in [1.82, 2.24) is 29.9 Å².